The molecule has 38 heavy (non-hydrogen) atoms. The Balaban J connectivity index is 1.19. The normalized spacial score (nSPS) is 26.9. The highest BCUT2D eigenvalue weighted by atomic mass is 16.2. The van der Waals surface area contributed by atoms with Crippen LogP contribution in [0.4, 0.5) is 0 Å². The number of carbonyl (C=O) groups excluding carboxylic acids is 2. The van der Waals surface area contributed by atoms with Crippen molar-refractivity contribution < 1.29 is 9.59 Å². The molecule has 3 fully saturated rings. The van der Waals surface area contributed by atoms with Crippen LogP contribution < -0.4 is 22.1 Å². The van der Waals surface area contributed by atoms with Crippen LogP contribution in [-0.2, 0) is 4.79 Å². The van der Waals surface area contributed by atoms with Gasteiger partial charge in [-0.3, -0.25) is 14.6 Å². The first-order chi connectivity index (χ1) is 18.5. The molecule has 204 valence electrons. The monoisotopic (exact) mass is 518 g/mol. The van der Waals surface area contributed by atoms with E-state index in [9.17, 15) is 9.59 Å². The van der Waals surface area contributed by atoms with Crippen LogP contribution in [0.2, 0.25) is 0 Å². The third kappa shape index (κ3) is 6.46. The fourth-order valence-corrected chi connectivity index (χ4v) is 6.87. The van der Waals surface area contributed by atoms with Gasteiger partial charge in [-0.15, -0.1) is 0 Å². The number of nitrogens with one attached hydrogen (secondary N) is 2. The Morgan fingerprint density at radius 2 is 1.89 bits per heavy atom. The topological polar surface area (TPSA) is 126 Å². The first-order valence-electron chi connectivity index (χ1n) is 14.3. The zero-order chi connectivity index (χ0) is 26.5. The van der Waals surface area contributed by atoms with Crippen molar-refractivity contribution in [2.45, 2.75) is 63.5 Å². The maximum absolute atomic E-state index is 13.6. The molecular weight excluding hydrogens is 476 g/mol. The number of fused-ring (bicyclic) bond motifs is 3. The first kappa shape index (κ1) is 26.5. The molecule has 2 aromatic carbocycles. The lowest BCUT2D eigenvalue weighted by atomic mass is 9.86. The number of aliphatic imine (C=N–C) groups is 1. The molecule has 1 heterocycles. The quantitative estimate of drug-likeness (QED) is 0.219. The van der Waals surface area contributed by atoms with E-state index in [0.717, 1.165) is 54.3 Å². The predicted octanol–water partition coefficient (Wildman–Crippen LogP) is 3.01. The fraction of sp³-hybridized carbons (Fsp3) is 0.567. The van der Waals surface area contributed by atoms with E-state index in [1.54, 1.807) is 0 Å². The molecule has 6 N–H and O–H groups in total. The Hall–Kier alpha value is -3.13. The molecule has 2 amide bonds. The molecule has 1 saturated heterocycles. The number of guanidine groups is 1. The molecule has 0 spiro atoms. The molecule has 8 nitrogen and oxygen atoms in total. The van der Waals surface area contributed by atoms with Crippen molar-refractivity contribution in [3.8, 4) is 0 Å². The lowest BCUT2D eigenvalue weighted by Crippen LogP contribution is -2.49. The number of carbonyl (C=O) groups is 2. The lowest BCUT2D eigenvalue weighted by Gasteiger charge is -2.28. The summed E-state index contributed by atoms with van der Waals surface area (Å²) in [6, 6.07) is 13.5. The van der Waals surface area contributed by atoms with E-state index in [1.165, 1.54) is 25.7 Å². The molecule has 5 unspecified atom stereocenters. The number of nitrogens with two attached hydrogens (primary N) is 2. The van der Waals surface area contributed by atoms with Crippen LogP contribution >= 0.6 is 0 Å². The van der Waals surface area contributed by atoms with Crippen molar-refractivity contribution >= 4 is 28.5 Å². The van der Waals surface area contributed by atoms with Crippen LogP contribution in [0, 0.1) is 17.8 Å². The number of hydrogen-bond acceptors (Lipinski definition) is 4. The van der Waals surface area contributed by atoms with Crippen LogP contribution in [0.3, 0.4) is 0 Å². The first-order valence-corrected chi connectivity index (χ1v) is 14.3. The molecule has 2 saturated carbocycles. The molecule has 0 radical (unpaired) electrons. The predicted molar refractivity (Wildman–Crippen MR) is 152 cm³/mol. The van der Waals surface area contributed by atoms with Gasteiger partial charge in [0.25, 0.3) is 5.91 Å². The van der Waals surface area contributed by atoms with Gasteiger partial charge in [0.05, 0.1) is 6.04 Å². The summed E-state index contributed by atoms with van der Waals surface area (Å²) in [4.78, 5) is 32.7. The Morgan fingerprint density at radius 3 is 2.66 bits per heavy atom. The molecule has 3 aliphatic rings. The average Bonchev–Trinajstić information content (AvgIpc) is 3.52. The van der Waals surface area contributed by atoms with Gasteiger partial charge in [0.1, 0.15) is 0 Å². The van der Waals surface area contributed by atoms with Crippen LogP contribution in [0.5, 0.6) is 0 Å². The van der Waals surface area contributed by atoms with E-state index < -0.39 is 0 Å². The summed E-state index contributed by atoms with van der Waals surface area (Å²) in [5.74, 6) is 2.72. The van der Waals surface area contributed by atoms with Crippen molar-refractivity contribution in [1.82, 2.24) is 15.5 Å². The number of hydrogen-bond donors (Lipinski definition) is 4. The third-order valence-corrected chi connectivity index (χ3v) is 8.91. The number of rotatable bonds is 10. The summed E-state index contributed by atoms with van der Waals surface area (Å²) < 4.78 is 0. The van der Waals surface area contributed by atoms with E-state index in [0.29, 0.717) is 31.6 Å². The fourth-order valence-electron chi connectivity index (χ4n) is 6.87. The van der Waals surface area contributed by atoms with Gasteiger partial charge < -0.3 is 27.0 Å². The van der Waals surface area contributed by atoms with E-state index >= 15 is 0 Å². The van der Waals surface area contributed by atoms with Crippen molar-refractivity contribution in [3.05, 3.63) is 48.0 Å². The molecule has 2 aromatic rings. The van der Waals surface area contributed by atoms with Crippen molar-refractivity contribution in [1.29, 1.82) is 0 Å². The van der Waals surface area contributed by atoms with Gasteiger partial charge in [-0.1, -0.05) is 36.8 Å². The average molecular weight is 519 g/mol. The van der Waals surface area contributed by atoms with Gasteiger partial charge in [-0.25, -0.2) is 0 Å². The summed E-state index contributed by atoms with van der Waals surface area (Å²) in [6.07, 6.45) is 8.81. The highest BCUT2D eigenvalue weighted by molar-refractivity contribution is 5.98. The third-order valence-electron chi connectivity index (χ3n) is 8.91. The zero-order valence-electron chi connectivity index (χ0n) is 22.3. The maximum atomic E-state index is 13.6. The van der Waals surface area contributed by atoms with E-state index in [-0.39, 0.29) is 29.9 Å². The molecule has 5 rings (SSSR count). The Bertz CT molecular complexity index is 1160. The van der Waals surface area contributed by atoms with Crippen molar-refractivity contribution in [2.75, 3.05) is 26.2 Å². The largest absolute Gasteiger partial charge is 0.370 e. The van der Waals surface area contributed by atoms with Crippen molar-refractivity contribution in [3.63, 3.8) is 0 Å². The molecule has 8 heteroatoms. The standard InChI is InChI=1S/C30H42N6O2/c31-30(32)33-13-3-6-27-29(38)36(14-11-24-17-20-7-8-23(24)16-20)15-12-26(35-27)19-34-28(37)25-10-9-21-4-1-2-5-22(21)18-25/h1-2,4-5,9-10,18,20,23-24,26-27,35H,3,6-8,11-17,19H2,(H,34,37)(H4,31,32,33). The second-order valence-electron chi connectivity index (χ2n) is 11.5. The second kappa shape index (κ2) is 12.2. The number of benzene rings is 2. The summed E-state index contributed by atoms with van der Waals surface area (Å²) in [7, 11) is 0. The van der Waals surface area contributed by atoms with Gasteiger partial charge in [0.15, 0.2) is 5.96 Å². The minimum absolute atomic E-state index is 0.0175. The van der Waals surface area contributed by atoms with E-state index in [4.69, 9.17) is 11.5 Å². The van der Waals surface area contributed by atoms with Crippen LogP contribution in [-0.4, -0.2) is 60.9 Å². The highest BCUT2D eigenvalue weighted by Gasteiger charge is 2.40. The SMILES string of the molecule is NC(N)=NCCCC1NC(CNC(=O)c2ccc3ccccc3c2)CCN(CCC2CC3CCC2C3)C1=O. The van der Waals surface area contributed by atoms with Crippen LogP contribution in [0.1, 0.15) is 61.7 Å². The summed E-state index contributed by atoms with van der Waals surface area (Å²) in [6.45, 7) is 2.52. The van der Waals surface area contributed by atoms with Gasteiger partial charge in [-0.05, 0) is 85.6 Å². The van der Waals surface area contributed by atoms with Gasteiger partial charge in [0.2, 0.25) is 5.91 Å². The van der Waals surface area contributed by atoms with Gasteiger partial charge in [0, 0.05) is 37.8 Å². The minimum Gasteiger partial charge on any atom is -0.370 e. The van der Waals surface area contributed by atoms with E-state index in [1.807, 2.05) is 42.5 Å². The van der Waals surface area contributed by atoms with Gasteiger partial charge in [-0.2, -0.15) is 0 Å². The highest BCUT2D eigenvalue weighted by Crippen LogP contribution is 2.49. The Morgan fingerprint density at radius 1 is 1.05 bits per heavy atom. The number of amides is 2. The lowest BCUT2D eigenvalue weighted by molar-refractivity contribution is -0.133. The smallest absolute Gasteiger partial charge is 0.251 e. The summed E-state index contributed by atoms with van der Waals surface area (Å²) >= 11 is 0. The van der Waals surface area contributed by atoms with Crippen LogP contribution in [0.25, 0.3) is 10.8 Å². The van der Waals surface area contributed by atoms with E-state index in [2.05, 4.69) is 20.5 Å². The Labute approximate surface area is 225 Å². The molecule has 2 aliphatic carbocycles. The molecule has 1 aliphatic heterocycles. The molecular formula is C30H42N6O2. The van der Waals surface area contributed by atoms with Crippen LogP contribution in [0.15, 0.2) is 47.5 Å². The summed E-state index contributed by atoms with van der Waals surface area (Å²) in [5.41, 5.74) is 11.6. The number of nitrogens with zero attached hydrogens (tertiary/aromatic N) is 2. The zero-order valence-corrected chi connectivity index (χ0v) is 22.3. The maximum Gasteiger partial charge on any atom is 0.251 e. The second-order valence-corrected chi connectivity index (χ2v) is 11.5. The summed E-state index contributed by atoms with van der Waals surface area (Å²) in [5, 5.41) is 8.82. The molecule has 5 atom stereocenters. The van der Waals surface area contributed by atoms with Crippen molar-refractivity contribution in [2.24, 2.45) is 34.2 Å². The molecule has 2 bridgehead atoms. The Kier molecular flexibility index (Phi) is 8.47. The minimum atomic E-state index is -0.297. The van der Waals surface area contributed by atoms with Gasteiger partial charge >= 0.3 is 0 Å². The molecule has 0 aromatic heterocycles.